The van der Waals surface area contributed by atoms with Crippen molar-refractivity contribution in [1.82, 2.24) is 4.98 Å². The van der Waals surface area contributed by atoms with Crippen molar-refractivity contribution in [2.75, 3.05) is 18.0 Å². The molecule has 1 unspecified atom stereocenters. The van der Waals surface area contributed by atoms with Gasteiger partial charge in [0.25, 0.3) is 0 Å². The number of hydrogen-bond donors (Lipinski definition) is 0. The Morgan fingerprint density at radius 3 is 3.13 bits per heavy atom. The van der Waals surface area contributed by atoms with Gasteiger partial charge in [-0.3, -0.25) is 0 Å². The highest BCUT2D eigenvalue weighted by atomic mass is 35.5. The van der Waals surface area contributed by atoms with Gasteiger partial charge in [-0.25, -0.2) is 4.98 Å². The maximum Gasteiger partial charge on any atom is 0.131 e. The highest BCUT2D eigenvalue weighted by molar-refractivity contribution is 6.29. The second-order valence-corrected chi connectivity index (χ2v) is 4.57. The molecule has 1 aliphatic rings. The van der Waals surface area contributed by atoms with E-state index in [1.807, 2.05) is 18.2 Å². The predicted octanol–water partition coefficient (Wildman–Crippen LogP) is 3.36. The van der Waals surface area contributed by atoms with Gasteiger partial charge in [-0.1, -0.05) is 31.0 Å². The van der Waals surface area contributed by atoms with E-state index < -0.39 is 0 Å². The first-order valence-electron chi connectivity index (χ1n) is 5.67. The van der Waals surface area contributed by atoms with E-state index in [-0.39, 0.29) is 0 Å². The van der Waals surface area contributed by atoms with Crippen molar-refractivity contribution in [1.29, 1.82) is 0 Å². The Bertz CT molecular complexity index is 327. The van der Waals surface area contributed by atoms with Gasteiger partial charge in [0.05, 0.1) is 0 Å². The topological polar surface area (TPSA) is 16.1 Å². The van der Waals surface area contributed by atoms with Crippen LogP contribution < -0.4 is 4.90 Å². The normalized spacial score (nSPS) is 21.7. The van der Waals surface area contributed by atoms with Crippen LogP contribution in [0.2, 0.25) is 5.15 Å². The maximum atomic E-state index is 5.90. The highest BCUT2D eigenvalue weighted by Crippen LogP contribution is 2.24. The third kappa shape index (κ3) is 2.63. The van der Waals surface area contributed by atoms with Crippen molar-refractivity contribution in [2.24, 2.45) is 5.92 Å². The Hall–Kier alpha value is -0.760. The smallest absolute Gasteiger partial charge is 0.131 e. The summed E-state index contributed by atoms with van der Waals surface area (Å²) in [6.07, 6.45) is 3.89. The number of hydrogen-bond acceptors (Lipinski definition) is 2. The fourth-order valence-corrected chi connectivity index (χ4v) is 2.34. The van der Waals surface area contributed by atoms with Gasteiger partial charge in [0.15, 0.2) is 0 Å². The molecule has 2 rings (SSSR count). The zero-order valence-corrected chi connectivity index (χ0v) is 9.87. The number of anilines is 1. The van der Waals surface area contributed by atoms with Crippen molar-refractivity contribution < 1.29 is 0 Å². The third-order valence-corrected chi connectivity index (χ3v) is 3.33. The van der Waals surface area contributed by atoms with Crippen LogP contribution >= 0.6 is 11.6 Å². The van der Waals surface area contributed by atoms with Crippen molar-refractivity contribution in [3.63, 3.8) is 0 Å². The first kappa shape index (κ1) is 10.7. The summed E-state index contributed by atoms with van der Waals surface area (Å²) < 4.78 is 0. The molecular weight excluding hydrogens is 208 g/mol. The summed E-state index contributed by atoms with van der Waals surface area (Å²) in [5.41, 5.74) is 0. The van der Waals surface area contributed by atoms with Gasteiger partial charge >= 0.3 is 0 Å². The second-order valence-electron chi connectivity index (χ2n) is 4.18. The van der Waals surface area contributed by atoms with E-state index in [2.05, 4.69) is 16.8 Å². The Labute approximate surface area is 96.3 Å². The molecule has 0 N–H and O–H groups in total. The lowest BCUT2D eigenvalue weighted by atomic mass is 9.96. The number of piperidine rings is 1. The number of nitrogens with zero attached hydrogens (tertiary/aromatic N) is 2. The lowest BCUT2D eigenvalue weighted by Gasteiger charge is -2.33. The van der Waals surface area contributed by atoms with Crippen molar-refractivity contribution in [3.05, 3.63) is 23.4 Å². The molecule has 0 saturated carbocycles. The van der Waals surface area contributed by atoms with Crippen molar-refractivity contribution >= 4 is 17.4 Å². The minimum atomic E-state index is 0.589. The summed E-state index contributed by atoms with van der Waals surface area (Å²) in [5, 5.41) is 0.589. The van der Waals surface area contributed by atoms with Gasteiger partial charge in [0, 0.05) is 13.1 Å². The van der Waals surface area contributed by atoms with Crippen LogP contribution in [0, 0.1) is 5.92 Å². The number of rotatable bonds is 2. The van der Waals surface area contributed by atoms with E-state index in [0.29, 0.717) is 5.15 Å². The van der Waals surface area contributed by atoms with Crippen molar-refractivity contribution in [2.45, 2.75) is 26.2 Å². The molecule has 0 aromatic carbocycles. The molecule has 1 saturated heterocycles. The minimum absolute atomic E-state index is 0.589. The molecule has 2 heterocycles. The van der Waals surface area contributed by atoms with E-state index in [9.17, 15) is 0 Å². The van der Waals surface area contributed by atoms with E-state index in [0.717, 1.165) is 24.8 Å². The van der Waals surface area contributed by atoms with Crippen LogP contribution in [0.5, 0.6) is 0 Å². The van der Waals surface area contributed by atoms with Gasteiger partial charge in [0.2, 0.25) is 0 Å². The average molecular weight is 225 g/mol. The number of aromatic nitrogens is 1. The van der Waals surface area contributed by atoms with E-state index in [1.54, 1.807) is 0 Å². The summed E-state index contributed by atoms with van der Waals surface area (Å²) >= 11 is 5.90. The van der Waals surface area contributed by atoms with Crippen LogP contribution in [-0.2, 0) is 0 Å². The minimum Gasteiger partial charge on any atom is -0.356 e. The molecule has 0 bridgehead atoms. The first-order valence-corrected chi connectivity index (χ1v) is 6.05. The molecule has 0 amide bonds. The Morgan fingerprint density at radius 1 is 1.53 bits per heavy atom. The summed E-state index contributed by atoms with van der Waals surface area (Å²) in [5.74, 6) is 1.85. The molecule has 82 valence electrons. The van der Waals surface area contributed by atoms with Crippen molar-refractivity contribution in [3.8, 4) is 0 Å². The molecule has 2 nitrogen and oxygen atoms in total. The van der Waals surface area contributed by atoms with Crippen LogP contribution in [0.25, 0.3) is 0 Å². The summed E-state index contributed by atoms with van der Waals surface area (Å²) in [7, 11) is 0. The number of halogens is 1. The maximum absolute atomic E-state index is 5.90. The lowest BCUT2D eigenvalue weighted by molar-refractivity contribution is 0.403. The molecule has 0 spiro atoms. The molecule has 0 aliphatic carbocycles. The van der Waals surface area contributed by atoms with E-state index >= 15 is 0 Å². The third-order valence-electron chi connectivity index (χ3n) is 3.12. The fraction of sp³-hybridized carbons (Fsp3) is 0.583. The van der Waals surface area contributed by atoms with E-state index in [4.69, 9.17) is 11.6 Å². The van der Waals surface area contributed by atoms with Crippen LogP contribution in [0.15, 0.2) is 18.2 Å². The number of pyridine rings is 1. The quantitative estimate of drug-likeness (QED) is 0.717. The van der Waals surface area contributed by atoms with Crippen LogP contribution in [0.3, 0.4) is 0 Å². The monoisotopic (exact) mass is 224 g/mol. The molecule has 1 aromatic rings. The van der Waals surface area contributed by atoms with E-state index in [1.165, 1.54) is 19.3 Å². The summed E-state index contributed by atoms with van der Waals surface area (Å²) in [6, 6.07) is 5.84. The molecular formula is C12H17ClN2. The summed E-state index contributed by atoms with van der Waals surface area (Å²) in [4.78, 5) is 6.71. The van der Waals surface area contributed by atoms with Gasteiger partial charge < -0.3 is 4.90 Å². The molecule has 1 aliphatic heterocycles. The molecule has 15 heavy (non-hydrogen) atoms. The first-order chi connectivity index (χ1) is 7.29. The van der Waals surface area contributed by atoms with Gasteiger partial charge in [0.1, 0.15) is 11.0 Å². The highest BCUT2D eigenvalue weighted by Gasteiger charge is 2.19. The largest absolute Gasteiger partial charge is 0.356 e. The van der Waals surface area contributed by atoms with Gasteiger partial charge in [-0.2, -0.15) is 0 Å². The zero-order chi connectivity index (χ0) is 10.7. The molecule has 1 fully saturated rings. The Morgan fingerprint density at radius 2 is 2.40 bits per heavy atom. The molecule has 3 heteroatoms. The fourth-order valence-electron chi connectivity index (χ4n) is 2.18. The predicted molar refractivity (Wildman–Crippen MR) is 64.5 cm³/mol. The Balaban J connectivity index is 2.09. The van der Waals surface area contributed by atoms with Crippen LogP contribution in [0.1, 0.15) is 26.2 Å². The summed E-state index contributed by atoms with van der Waals surface area (Å²) in [6.45, 7) is 4.51. The average Bonchev–Trinajstić information content (AvgIpc) is 2.29. The molecule has 1 atom stereocenters. The zero-order valence-electron chi connectivity index (χ0n) is 9.12. The van der Waals surface area contributed by atoms with Crippen LogP contribution in [-0.4, -0.2) is 18.1 Å². The Kier molecular flexibility index (Phi) is 3.47. The second kappa shape index (κ2) is 4.84. The SMILES string of the molecule is CCC1CCCN(c2cccc(Cl)n2)C1. The van der Waals surface area contributed by atoms with Gasteiger partial charge in [-0.05, 0) is 30.9 Å². The van der Waals surface area contributed by atoms with Crippen LogP contribution in [0.4, 0.5) is 5.82 Å². The lowest BCUT2D eigenvalue weighted by Crippen LogP contribution is -2.35. The molecule has 0 radical (unpaired) electrons. The standard InChI is InChI=1S/C12H17ClN2/c1-2-10-5-4-8-15(9-10)12-7-3-6-11(13)14-12/h3,6-7,10H,2,4-5,8-9H2,1H3. The molecule has 1 aromatic heterocycles. The van der Waals surface area contributed by atoms with Gasteiger partial charge in [-0.15, -0.1) is 0 Å².